The summed E-state index contributed by atoms with van der Waals surface area (Å²) in [6.45, 7) is 3.07. The Morgan fingerprint density at radius 2 is 1.95 bits per heavy atom. The summed E-state index contributed by atoms with van der Waals surface area (Å²) in [7, 11) is 1.03. The van der Waals surface area contributed by atoms with Crippen LogP contribution in [0.3, 0.4) is 0 Å². The molecule has 0 bridgehead atoms. The number of nitrogens with zero attached hydrogens (tertiary/aromatic N) is 3. The molecule has 2 atom stereocenters. The number of anilines is 2. The number of furan rings is 1. The van der Waals surface area contributed by atoms with Crippen molar-refractivity contribution in [1.29, 1.82) is 0 Å². The van der Waals surface area contributed by atoms with Crippen LogP contribution >= 0.6 is 11.6 Å². The highest BCUT2D eigenvalue weighted by molar-refractivity contribution is 7.84. The molecule has 0 saturated carbocycles. The van der Waals surface area contributed by atoms with Crippen molar-refractivity contribution in [1.82, 2.24) is 14.9 Å². The second-order valence-corrected chi connectivity index (χ2v) is 11.6. The van der Waals surface area contributed by atoms with Crippen molar-refractivity contribution >= 4 is 44.8 Å². The highest BCUT2D eigenvalue weighted by Crippen LogP contribution is 2.34. The van der Waals surface area contributed by atoms with E-state index in [0.29, 0.717) is 33.7 Å². The first kappa shape index (κ1) is 28.7. The topological polar surface area (TPSA) is 80.5 Å². The number of hydrogen-bond donors (Lipinski definition) is 1. The molecule has 212 valence electrons. The van der Waals surface area contributed by atoms with Crippen molar-refractivity contribution in [2.24, 2.45) is 0 Å². The SMILES string of the molecule is CCN(C)C(CS(C)=O)c1ccc(-c2ccc3ncnc(Nc4ccc(OCc5cccc(F)c5)c(Cl)c4)c3c2)o1. The molecule has 1 N–H and O–H groups in total. The van der Waals surface area contributed by atoms with E-state index in [-0.39, 0.29) is 18.5 Å². The van der Waals surface area contributed by atoms with Gasteiger partial charge in [-0.15, -0.1) is 0 Å². The minimum absolute atomic E-state index is 0.0776. The van der Waals surface area contributed by atoms with E-state index in [4.69, 9.17) is 20.8 Å². The fourth-order valence-electron chi connectivity index (χ4n) is 4.49. The lowest BCUT2D eigenvalue weighted by Crippen LogP contribution is -2.28. The lowest BCUT2D eigenvalue weighted by molar-refractivity contribution is 0.247. The number of nitrogens with one attached hydrogen (secondary N) is 1. The molecule has 2 heterocycles. The molecule has 0 saturated heterocycles. The van der Waals surface area contributed by atoms with Crippen LogP contribution in [-0.2, 0) is 17.4 Å². The summed E-state index contributed by atoms with van der Waals surface area (Å²) in [6.07, 6.45) is 3.21. The van der Waals surface area contributed by atoms with E-state index in [1.54, 1.807) is 30.5 Å². The summed E-state index contributed by atoms with van der Waals surface area (Å²) >= 11 is 6.50. The van der Waals surface area contributed by atoms with E-state index in [0.717, 1.165) is 34.5 Å². The molecular formula is C31H30ClFN4O3S. The molecule has 5 aromatic rings. The molecule has 0 fully saturated rings. The summed E-state index contributed by atoms with van der Waals surface area (Å²) in [4.78, 5) is 11.0. The number of ether oxygens (including phenoxy) is 1. The number of rotatable bonds is 11. The molecule has 2 unspecified atom stereocenters. The molecule has 0 radical (unpaired) electrons. The van der Waals surface area contributed by atoms with Crippen molar-refractivity contribution in [2.45, 2.75) is 19.6 Å². The molecule has 41 heavy (non-hydrogen) atoms. The quantitative estimate of drug-likeness (QED) is 0.171. The molecule has 10 heteroatoms. The largest absolute Gasteiger partial charge is 0.487 e. The Morgan fingerprint density at radius 1 is 1.10 bits per heavy atom. The van der Waals surface area contributed by atoms with Gasteiger partial charge in [0, 0.05) is 39.4 Å². The average Bonchev–Trinajstić information content (AvgIpc) is 3.45. The average molecular weight is 593 g/mol. The third-order valence-electron chi connectivity index (χ3n) is 6.78. The number of hydrogen-bond acceptors (Lipinski definition) is 7. The Kier molecular flexibility index (Phi) is 8.97. The number of aromatic nitrogens is 2. The van der Waals surface area contributed by atoms with E-state index in [9.17, 15) is 8.60 Å². The van der Waals surface area contributed by atoms with E-state index < -0.39 is 10.8 Å². The van der Waals surface area contributed by atoms with Crippen LogP contribution in [0.2, 0.25) is 5.02 Å². The standard InChI is InChI=1S/C31H30ClFN4O3S/c1-4-37(2)27(18-41(3)38)30-13-12-28(40-30)21-8-10-26-24(15-21)31(35-19-34-26)36-23-9-11-29(25(32)16-23)39-17-20-6-5-7-22(33)14-20/h5-16,19,27H,4,17-18H2,1-3H3,(H,34,35,36). The number of halogens is 2. The van der Waals surface area contributed by atoms with Gasteiger partial charge in [0.2, 0.25) is 0 Å². The molecule has 5 rings (SSSR count). The Balaban J connectivity index is 1.37. The van der Waals surface area contributed by atoms with E-state index in [1.165, 1.54) is 18.5 Å². The monoisotopic (exact) mass is 592 g/mol. The van der Waals surface area contributed by atoms with Crippen LogP contribution in [0.5, 0.6) is 5.75 Å². The Labute approximate surface area is 245 Å². The Hall–Kier alpha value is -3.79. The predicted molar refractivity (Wildman–Crippen MR) is 163 cm³/mol. The van der Waals surface area contributed by atoms with Crippen LogP contribution in [-0.4, -0.2) is 44.7 Å². The van der Waals surface area contributed by atoms with Crippen LogP contribution in [0.25, 0.3) is 22.2 Å². The molecular weight excluding hydrogens is 563 g/mol. The summed E-state index contributed by atoms with van der Waals surface area (Å²) in [5.74, 6) is 2.76. The van der Waals surface area contributed by atoms with Crippen molar-refractivity contribution in [3.05, 3.63) is 101 Å². The maximum Gasteiger partial charge on any atom is 0.141 e. The van der Waals surface area contributed by atoms with E-state index >= 15 is 0 Å². The second-order valence-electron chi connectivity index (χ2n) is 9.67. The summed E-state index contributed by atoms with van der Waals surface area (Å²) < 4.78 is 37.5. The number of benzene rings is 3. The maximum absolute atomic E-state index is 13.5. The van der Waals surface area contributed by atoms with Gasteiger partial charge in [0.25, 0.3) is 0 Å². The normalized spacial score (nSPS) is 12.9. The Bertz CT molecular complexity index is 1700. The minimum Gasteiger partial charge on any atom is -0.487 e. The third-order valence-corrected chi connectivity index (χ3v) is 7.86. The molecule has 7 nitrogen and oxygen atoms in total. The van der Waals surface area contributed by atoms with Gasteiger partial charge in [-0.1, -0.05) is 30.7 Å². The van der Waals surface area contributed by atoms with Gasteiger partial charge in [-0.3, -0.25) is 9.11 Å². The Morgan fingerprint density at radius 3 is 2.71 bits per heavy atom. The van der Waals surface area contributed by atoms with E-state index in [1.807, 2.05) is 43.4 Å². The summed E-state index contributed by atoms with van der Waals surface area (Å²) in [5.41, 5.74) is 3.07. The molecule has 0 aliphatic heterocycles. The van der Waals surface area contributed by atoms with Gasteiger partial charge in [0.15, 0.2) is 0 Å². The highest BCUT2D eigenvalue weighted by Gasteiger charge is 2.22. The molecule has 3 aromatic carbocycles. The highest BCUT2D eigenvalue weighted by atomic mass is 35.5. The van der Waals surface area contributed by atoms with Crippen molar-refractivity contribution in [3.8, 4) is 17.1 Å². The lowest BCUT2D eigenvalue weighted by atomic mass is 10.1. The molecule has 0 amide bonds. The van der Waals surface area contributed by atoms with Crippen LogP contribution in [0.4, 0.5) is 15.9 Å². The molecule has 0 aliphatic carbocycles. The fourth-order valence-corrected chi connectivity index (χ4v) is 5.58. The van der Waals surface area contributed by atoms with Gasteiger partial charge < -0.3 is 14.5 Å². The summed E-state index contributed by atoms with van der Waals surface area (Å²) in [5, 5.41) is 4.55. The van der Waals surface area contributed by atoms with Crippen LogP contribution in [0, 0.1) is 5.82 Å². The van der Waals surface area contributed by atoms with Gasteiger partial charge in [-0.2, -0.15) is 0 Å². The summed E-state index contributed by atoms with van der Waals surface area (Å²) in [6, 6.07) is 21.3. The van der Waals surface area contributed by atoms with Gasteiger partial charge in [0.05, 0.1) is 16.6 Å². The molecule has 2 aromatic heterocycles. The van der Waals surface area contributed by atoms with Gasteiger partial charge in [-0.25, -0.2) is 14.4 Å². The molecule has 0 aliphatic rings. The zero-order valence-electron chi connectivity index (χ0n) is 22.9. The van der Waals surface area contributed by atoms with Gasteiger partial charge in [-0.05, 0) is 79.8 Å². The second kappa shape index (κ2) is 12.8. The minimum atomic E-state index is -0.967. The first-order valence-corrected chi connectivity index (χ1v) is 15.2. The fraction of sp³-hybridized carbons (Fsp3) is 0.226. The van der Waals surface area contributed by atoms with Gasteiger partial charge in [0.1, 0.15) is 41.8 Å². The van der Waals surface area contributed by atoms with Gasteiger partial charge >= 0.3 is 0 Å². The number of fused-ring (bicyclic) bond motifs is 1. The maximum atomic E-state index is 13.5. The zero-order chi connectivity index (χ0) is 28.9. The van der Waals surface area contributed by atoms with Crippen LogP contribution < -0.4 is 10.1 Å². The smallest absolute Gasteiger partial charge is 0.141 e. The molecule has 0 spiro atoms. The first-order chi connectivity index (χ1) is 19.8. The van der Waals surface area contributed by atoms with Crippen LogP contribution in [0.1, 0.15) is 24.3 Å². The van der Waals surface area contributed by atoms with E-state index in [2.05, 4.69) is 27.1 Å². The van der Waals surface area contributed by atoms with Crippen molar-refractivity contribution < 1.29 is 17.8 Å². The van der Waals surface area contributed by atoms with Crippen LogP contribution in [0.15, 0.2) is 83.5 Å². The van der Waals surface area contributed by atoms with Crippen molar-refractivity contribution in [3.63, 3.8) is 0 Å². The first-order valence-electron chi connectivity index (χ1n) is 13.1. The van der Waals surface area contributed by atoms with Crippen molar-refractivity contribution in [2.75, 3.05) is 30.9 Å². The zero-order valence-corrected chi connectivity index (χ0v) is 24.5. The predicted octanol–water partition coefficient (Wildman–Crippen LogP) is 7.38. The third kappa shape index (κ3) is 6.93. The lowest BCUT2D eigenvalue weighted by Gasteiger charge is -2.24.